The first kappa shape index (κ1) is 23.1. The second kappa shape index (κ2) is 9.55. The first-order chi connectivity index (χ1) is 17.0. The molecule has 35 heavy (non-hydrogen) atoms. The highest BCUT2D eigenvalue weighted by Gasteiger charge is 2.47. The molecule has 1 fully saturated rings. The van der Waals surface area contributed by atoms with Crippen LogP contribution in [0.1, 0.15) is 11.8 Å². The third-order valence-electron chi connectivity index (χ3n) is 5.70. The molecule has 1 aliphatic heterocycles. The van der Waals surface area contributed by atoms with Crippen molar-refractivity contribution in [2.24, 2.45) is 0 Å². The molecule has 180 valence electrons. The average Bonchev–Trinajstić information content (AvgIpc) is 3.43. The molecule has 0 saturated carbocycles. The van der Waals surface area contributed by atoms with Crippen molar-refractivity contribution in [3.05, 3.63) is 65.7 Å². The lowest BCUT2D eigenvalue weighted by atomic mass is 10.1. The first-order valence-electron chi connectivity index (χ1n) is 10.8. The Morgan fingerprint density at radius 3 is 2.71 bits per heavy atom. The zero-order chi connectivity index (χ0) is 24.5. The number of benzene rings is 1. The highest BCUT2D eigenvalue weighted by Crippen LogP contribution is 2.33. The molecular weight excluding hydrogens is 474 g/mol. The fourth-order valence-electron chi connectivity index (χ4n) is 3.92. The van der Waals surface area contributed by atoms with E-state index in [2.05, 4.69) is 30.6 Å². The summed E-state index contributed by atoms with van der Waals surface area (Å²) in [4.78, 5) is 29.9. The largest absolute Gasteiger partial charge is 0.387 e. The van der Waals surface area contributed by atoms with Crippen molar-refractivity contribution in [3.8, 4) is 11.4 Å². The van der Waals surface area contributed by atoms with Gasteiger partial charge in [-0.15, -0.1) is 0 Å². The maximum atomic E-state index is 12.1. The van der Waals surface area contributed by atoms with Crippen LogP contribution in [0.3, 0.4) is 0 Å². The molecule has 3 aromatic heterocycles. The number of hydrogen-bond acceptors (Lipinski definition) is 9. The molecular formula is C23H22ClN7O4. The van der Waals surface area contributed by atoms with E-state index in [1.54, 1.807) is 12.3 Å². The third kappa shape index (κ3) is 4.42. The van der Waals surface area contributed by atoms with Gasteiger partial charge in [0, 0.05) is 31.5 Å². The third-order valence-corrected chi connectivity index (χ3v) is 5.91. The number of nitrogens with one attached hydrogen (secondary N) is 2. The second-order valence-corrected chi connectivity index (χ2v) is 8.43. The molecule has 4 atom stereocenters. The van der Waals surface area contributed by atoms with Crippen LogP contribution in [0.15, 0.2) is 55.1 Å². The van der Waals surface area contributed by atoms with Crippen LogP contribution in [-0.4, -0.2) is 66.0 Å². The van der Waals surface area contributed by atoms with Gasteiger partial charge in [0.25, 0.3) is 5.91 Å². The number of aliphatic hydroxyl groups is 2. The van der Waals surface area contributed by atoms with Crippen LogP contribution in [0, 0.1) is 0 Å². The molecule has 11 nitrogen and oxygen atoms in total. The number of amides is 1. The van der Waals surface area contributed by atoms with E-state index in [4.69, 9.17) is 16.3 Å². The van der Waals surface area contributed by atoms with Crippen LogP contribution in [0.4, 0.5) is 5.82 Å². The summed E-state index contributed by atoms with van der Waals surface area (Å²) in [7, 11) is 1.42. The number of halogens is 1. The van der Waals surface area contributed by atoms with Crippen LogP contribution in [0.25, 0.3) is 22.6 Å². The normalized spacial score (nSPS) is 21.8. The summed E-state index contributed by atoms with van der Waals surface area (Å²) < 4.78 is 7.20. The van der Waals surface area contributed by atoms with Crippen LogP contribution in [0.2, 0.25) is 5.02 Å². The summed E-state index contributed by atoms with van der Waals surface area (Å²) in [6.45, 7) is 0.479. The van der Waals surface area contributed by atoms with Gasteiger partial charge in [-0.3, -0.25) is 14.3 Å². The van der Waals surface area contributed by atoms with Crippen molar-refractivity contribution < 1.29 is 19.7 Å². The number of imidazole rings is 1. The molecule has 4 aromatic rings. The first-order valence-corrected chi connectivity index (χ1v) is 11.2. The van der Waals surface area contributed by atoms with Gasteiger partial charge in [-0.05, 0) is 11.6 Å². The lowest BCUT2D eigenvalue weighted by Crippen LogP contribution is -2.41. The lowest BCUT2D eigenvalue weighted by Gasteiger charge is -2.17. The van der Waals surface area contributed by atoms with Crippen molar-refractivity contribution in [3.63, 3.8) is 0 Å². The topological polar surface area (TPSA) is 147 Å². The second-order valence-electron chi connectivity index (χ2n) is 7.99. The number of ether oxygens (including phenoxy) is 1. The predicted octanol–water partition coefficient (Wildman–Crippen LogP) is 1.52. The van der Waals surface area contributed by atoms with Gasteiger partial charge in [0.2, 0.25) is 0 Å². The van der Waals surface area contributed by atoms with Gasteiger partial charge in [0.1, 0.15) is 12.2 Å². The van der Waals surface area contributed by atoms with E-state index in [0.717, 1.165) is 5.56 Å². The molecule has 12 heteroatoms. The van der Waals surface area contributed by atoms with Gasteiger partial charge in [0.15, 0.2) is 35.1 Å². The standard InChI is InChI=1S/C23H22ClN7O4/c1-25-22(34)18-16(32)17(33)23(35-18)31-11-28-15-20(27-8-12-5-3-2-4-6-12)29-19(30-21(15)31)13-7-14(24)10-26-9-13/h2-7,9-11,16-18,23,32-33H,8H2,1H3,(H,25,34)(H,27,29,30)/t16?,17?,18-,23?/m1/s1. The van der Waals surface area contributed by atoms with Crippen LogP contribution in [0.5, 0.6) is 0 Å². The predicted molar refractivity (Wildman–Crippen MR) is 127 cm³/mol. The van der Waals surface area contributed by atoms with Crippen molar-refractivity contribution in [2.75, 3.05) is 12.4 Å². The van der Waals surface area contributed by atoms with Crippen LogP contribution in [-0.2, 0) is 16.1 Å². The van der Waals surface area contributed by atoms with Crippen LogP contribution >= 0.6 is 11.6 Å². The van der Waals surface area contributed by atoms with E-state index >= 15 is 0 Å². The zero-order valence-electron chi connectivity index (χ0n) is 18.5. The number of anilines is 1. The van der Waals surface area contributed by atoms with Gasteiger partial charge in [-0.2, -0.15) is 0 Å². The Hall–Kier alpha value is -3.64. The molecule has 1 amide bonds. The van der Waals surface area contributed by atoms with Gasteiger partial charge in [0.05, 0.1) is 11.3 Å². The number of aromatic nitrogens is 5. The van der Waals surface area contributed by atoms with E-state index < -0.39 is 30.4 Å². The fourth-order valence-corrected chi connectivity index (χ4v) is 4.09. The van der Waals surface area contributed by atoms with Crippen molar-refractivity contribution in [1.82, 2.24) is 29.8 Å². The minimum atomic E-state index is -1.42. The summed E-state index contributed by atoms with van der Waals surface area (Å²) >= 11 is 6.13. The zero-order valence-corrected chi connectivity index (χ0v) is 19.3. The summed E-state index contributed by atoms with van der Waals surface area (Å²) in [5.41, 5.74) is 2.37. The Kier molecular flexibility index (Phi) is 6.31. The molecule has 0 radical (unpaired) electrons. The monoisotopic (exact) mass is 495 g/mol. The summed E-state index contributed by atoms with van der Waals surface area (Å²) in [6.07, 6.45) is -0.633. The quantitative estimate of drug-likeness (QED) is 0.312. The molecule has 3 unspecified atom stereocenters. The van der Waals surface area contributed by atoms with E-state index in [1.165, 1.54) is 24.1 Å². The molecule has 4 N–H and O–H groups in total. The molecule has 1 aliphatic rings. The maximum absolute atomic E-state index is 12.1. The maximum Gasteiger partial charge on any atom is 0.251 e. The number of fused-ring (bicyclic) bond motifs is 1. The van der Waals surface area contributed by atoms with Crippen molar-refractivity contribution in [2.45, 2.75) is 31.1 Å². The van der Waals surface area contributed by atoms with Gasteiger partial charge in [-0.25, -0.2) is 15.0 Å². The summed E-state index contributed by atoms with van der Waals surface area (Å²) in [6, 6.07) is 11.5. The number of likely N-dealkylation sites (N-methyl/N-ethyl adjacent to an activating group) is 1. The number of aliphatic hydroxyl groups excluding tert-OH is 2. The number of nitrogens with zero attached hydrogens (tertiary/aromatic N) is 5. The number of pyridine rings is 1. The van der Waals surface area contributed by atoms with Crippen molar-refractivity contribution in [1.29, 1.82) is 0 Å². The Balaban J connectivity index is 1.58. The van der Waals surface area contributed by atoms with Gasteiger partial charge >= 0.3 is 0 Å². The Labute approximate surface area is 204 Å². The molecule has 0 bridgehead atoms. The summed E-state index contributed by atoms with van der Waals surface area (Å²) in [5.74, 6) is 0.221. The number of carbonyl (C=O) groups excluding carboxylic acids is 1. The van der Waals surface area contributed by atoms with E-state index in [9.17, 15) is 15.0 Å². The average molecular weight is 496 g/mol. The van der Waals surface area contributed by atoms with E-state index in [0.29, 0.717) is 39.9 Å². The van der Waals surface area contributed by atoms with Crippen molar-refractivity contribution >= 4 is 34.5 Å². The fraction of sp³-hybridized carbons (Fsp3) is 0.261. The number of carbonyl (C=O) groups is 1. The molecule has 1 aromatic carbocycles. The lowest BCUT2D eigenvalue weighted by molar-refractivity contribution is -0.137. The highest BCUT2D eigenvalue weighted by atomic mass is 35.5. The Bertz CT molecular complexity index is 1370. The van der Waals surface area contributed by atoms with Crippen LogP contribution < -0.4 is 10.6 Å². The summed E-state index contributed by atoms with van der Waals surface area (Å²) in [5, 5.41) is 27.2. The molecule has 0 spiro atoms. The number of rotatable bonds is 6. The van der Waals surface area contributed by atoms with E-state index in [1.807, 2.05) is 30.3 Å². The van der Waals surface area contributed by atoms with Gasteiger partial charge < -0.3 is 25.6 Å². The molecule has 5 rings (SSSR count). The molecule has 0 aliphatic carbocycles. The SMILES string of the molecule is CNC(=O)[C@@H]1OC(n2cnc3c(NCc4ccccc4)nc(-c4cncc(Cl)c4)nc32)C(O)C1O. The Morgan fingerprint density at radius 1 is 1.17 bits per heavy atom. The Morgan fingerprint density at radius 2 is 1.97 bits per heavy atom. The minimum absolute atomic E-state index is 0.320. The minimum Gasteiger partial charge on any atom is -0.387 e. The van der Waals surface area contributed by atoms with Gasteiger partial charge in [-0.1, -0.05) is 41.9 Å². The highest BCUT2D eigenvalue weighted by molar-refractivity contribution is 6.30. The van der Waals surface area contributed by atoms with E-state index in [-0.39, 0.29) is 0 Å². The smallest absolute Gasteiger partial charge is 0.251 e. The number of hydrogen-bond donors (Lipinski definition) is 4. The molecule has 4 heterocycles. The molecule has 1 saturated heterocycles.